The number of hydrogen-bond acceptors (Lipinski definition) is 4. The first-order valence-corrected chi connectivity index (χ1v) is 10.5. The number of halogens is 1. The lowest BCUT2D eigenvalue weighted by Gasteiger charge is -2.31. The summed E-state index contributed by atoms with van der Waals surface area (Å²) in [6.45, 7) is 6.17. The van der Waals surface area contributed by atoms with Gasteiger partial charge in [0.25, 0.3) is 15.9 Å². The van der Waals surface area contributed by atoms with E-state index in [4.69, 9.17) is 5.73 Å². The number of carbonyl (C=O) groups is 1. The zero-order valence-electron chi connectivity index (χ0n) is 16.4. The van der Waals surface area contributed by atoms with Crippen molar-refractivity contribution in [3.63, 3.8) is 0 Å². The minimum absolute atomic E-state index is 0. The lowest BCUT2D eigenvalue weighted by atomic mass is 9.92. The molecule has 0 saturated heterocycles. The monoisotopic (exact) mass is 425 g/mol. The van der Waals surface area contributed by atoms with Crippen LogP contribution in [-0.2, 0) is 10.0 Å². The predicted molar refractivity (Wildman–Crippen MR) is 116 cm³/mol. The topological polar surface area (TPSA) is 101 Å². The maximum Gasteiger partial charge on any atom is 0.261 e. The van der Waals surface area contributed by atoms with Crippen LogP contribution >= 0.6 is 12.4 Å². The van der Waals surface area contributed by atoms with Gasteiger partial charge in [-0.15, -0.1) is 12.4 Å². The maximum atomic E-state index is 12.7. The minimum atomic E-state index is -3.80. The van der Waals surface area contributed by atoms with E-state index in [1.165, 1.54) is 12.1 Å². The van der Waals surface area contributed by atoms with Gasteiger partial charge in [0.1, 0.15) is 0 Å². The molecule has 0 aliphatic carbocycles. The number of hydrogen-bond donors (Lipinski definition) is 3. The van der Waals surface area contributed by atoms with E-state index in [1.54, 1.807) is 24.3 Å². The van der Waals surface area contributed by atoms with Crippen molar-refractivity contribution in [2.45, 2.75) is 44.0 Å². The lowest BCUT2D eigenvalue weighted by molar-refractivity contribution is 0.0895. The third-order valence-electron chi connectivity index (χ3n) is 4.83. The smallest absolute Gasteiger partial charge is 0.261 e. The van der Waals surface area contributed by atoms with Crippen LogP contribution < -0.4 is 15.8 Å². The van der Waals surface area contributed by atoms with E-state index in [-0.39, 0.29) is 28.8 Å². The van der Waals surface area contributed by atoms with Crippen LogP contribution in [0.15, 0.2) is 53.4 Å². The molecule has 0 heterocycles. The predicted octanol–water partition coefficient (Wildman–Crippen LogP) is 3.46. The Labute approximate surface area is 173 Å². The number of nitrogens with two attached hydrogens (primary N) is 1. The van der Waals surface area contributed by atoms with Gasteiger partial charge < -0.3 is 11.1 Å². The lowest BCUT2D eigenvalue weighted by Crippen LogP contribution is -2.52. The number of carbonyl (C=O) groups excluding carboxylic acids is 1. The van der Waals surface area contributed by atoms with E-state index in [9.17, 15) is 13.2 Å². The Kier molecular flexibility index (Phi) is 8.48. The largest absolute Gasteiger partial charge is 0.345 e. The molecule has 0 saturated carbocycles. The molecule has 0 unspecified atom stereocenters. The van der Waals surface area contributed by atoms with Crippen molar-refractivity contribution in [2.24, 2.45) is 5.73 Å². The van der Waals surface area contributed by atoms with Crippen LogP contribution in [0.25, 0.3) is 0 Å². The molecule has 1 amide bonds. The summed E-state index contributed by atoms with van der Waals surface area (Å²) in [7, 11) is -3.80. The maximum absolute atomic E-state index is 12.7. The Morgan fingerprint density at radius 1 is 1.07 bits per heavy atom. The first-order valence-electron chi connectivity index (χ1n) is 8.97. The molecule has 0 bridgehead atoms. The molecular weight excluding hydrogens is 398 g/mol. The summed E-state index contributed by atoms with van der Waals surface area (Å²) in [5.74, 6) is -0.337. The van der Waals surface area contributed by atoms with Crippen molar-refractivity contribution < 1.29 is 13.2 Å². The van der Waals surface area contributed by atoms with Crippen molar-refractivity contribution in [1.82, 2.24) is 5.32 Å². The summed E-state index contributed by atoms with van der Waals surface area (Å²) < 4.78 is 27.8. The molecule has 0 fully saturated rings. The standard InChI is InChI=1S/C20H27N3O3S.ClH/c1-4-20(5-2,14-21)22-19(24)16-7-6-8-18(13-16)27(25,26)23-17-11-9-15(3)10-12-17;/h6-13,23H,4-5,14,21H2,1-3H3,(H,22,24);1H. The quantitative estimate of drug-likeness (QED) is 0.602. The van der Waals surface area contributed by atoms with Gasteiger partial charge in [0, 0.05) is 17.8 Å². The number of aryl methyl sites for hydroxylation is 1. The molecule has 0 radical (unpaired) electrons. The normalized spacial score (nSPS) is 11.4. The fraction of sp³-hybridized carbons (Fsp3) is 0.350. The molecule has 6 nitrogen and oxygen atoms in total. The molecule has 28 heavy (non-hydrogen) atoms. The van der Waals surface area contributed by atoms with E-state index < -0.39 is 15.6 Å². The summed E-state index contributed by atoms with van der Waals surface area (Å²) in [4.78, 5) is 12.7. The average Bonchev–Trinajstić information content (AvgIpc) is 2.68. The summed E-state index contributed by atoms with van der Waals surface area (Å²) in [6, 6.07) is 13.0. The van der Waals surface area contributed by atoms with Gasteiger partial charge in [0.15, 0.2) is 0 Å². The van der Waals surface area contributed by atoms with Crippen molar-refractivity contribution >= 4 is 34.0 Å². The van der Waals surface area contributed by atoms with E-state index in [0.717, 1.165) is 5.56 Å². The average molecular weight is 426 g/mol. The van der Waals surface area contributed by atoms with Gasteiger partial charge in [-0.25, -0.2) is 8.42 Å². The highest BCUT2D eigenvalue weighted by Gasteiger charge is 2.27. The zero-order valence-corrected chi connectivity index (χ0v) is 18.0. The molecule has 0 spiro atoms. The van der Waals surface area contributed by atoms with Crippen molar-refractivity contribution in [3.8, 4) is 0 Å². The molecule has 8 heteroatoms. The Morgan fingerprint density at radius 2 is 1.68 bits per heavy atom. The Bertz CT molecular complexity index is 887. The molecule has 0 atom stereocenters. The van der Waals surface area contributed by atoms with Crippen LogP contribution in [0.1, 0.15) is 42.6 Å². The molecule has 4 N–H and O–H groups in total. The molecule has 0 aliphatic heterocycles. The van der Waals surface area contributed by atoms with E-state index in [0.29, 0.717) is 25.1 Å². The Hall–Kier alpha value is -2.09. The fourth-order valence-corrected chi connectivity index (χ4v) is 3.82. The highest BCUT2D eigenvalue weighted by molar-refractivity contribution is 7.92. The van der Waals surface area contributed by atoms with Gasteiger partial charge in [0.05, 0.1) is 10.4 Å². The van der Waals surface area contributed by atoms with Crippen LogP contribution in [0.3, 0.4) is 0 Å². The molecular formula is C20H28ClN3O3S. The summed E-state index contributed by atoms with van der Waals surface area (Å²) in [6.07, 6.45) is 1.39. The number of anilines is 1. The number of nitrogens with one attached hydrogen (secondary N) is 2. The van der Waals surface area contributed by atoms with E-state index >= 15 is 0 Å². The Morgan fingerprint density at radius 3 is 2.21 bits per heavy atom. The number of rotatable bonds is 8. The first kappa shape index (κ1) is 23.9. The summed E-state index contributed by atoms with van der Waals surface area (Å²) in [5.41, 5.74) is 7.12. The van der Waals surface area contributed by atoms with Gasteiger partial charge in [-0.1, -0.05) is 37.6 Å². The number of amides is 1. The van der Waals surface area contributed by atoms with Crippen LogP contribution in [0, 0.1) is 6.92 Å². The minimum Gasteiger partial charge on any atom is -0.345 e. The third-order valence-corrected chi connectivity index (χ3v) is 6.21. The van der Waals surface area contributed by atoms with Crippen LogP contribution in [0.5, 0.6) is 0 Å². The molecule has 154 valence electrons. The van der Waals surface area contributed by atoms with Crippen molar-refractivity contribution in [2.75, 3.05) is 11.3 Å². The SMILES string of the molecule is CCC(CC)(CN)NC(=O)c1cccc(S(=O)(=O)Nc2ccc(C)cc2)c1.Cl. The summed E-state index contributed by atoms with van der Waals surface area (Å²) in [5, 5.41) is 2.95. The molecule has 0 aliphatic rings. The van der Waals surface area contributed by atoms with Crippen molar-refractivity contribution in [1.29, 1.82) is 0 Å². The van der Waals surface area contributed by atoms with Gasteiger partial charge in [-0.2, -0.15) is 0 Å². The second-order valence-corrected chi connectivity index (χ2v) is 8.33. The fourth-order valence-electron chi connectivity index (χ4n) is 2.72. The highest BCUT2D eigenvalue weighted by Crippen LogP contribution is 2.19. The molecule has 2 aromatic rings. The van der Waals surface area contributed by atoms with Crippen LogP contribution in [0.2, 0.25) is 0 Å². The van der Waals surface area contributed by atoms with Gasteiger partial charge in [-0.05, 0) is 50.1 Å². The molecule has 2 rings (SSSR count). The van der Waals surface area contributed by atoms with Gasteiger partial charge in [-0.3, -0.25) is 9.52 Å². The Balaban J connectivity index is 0.00000392. The first-order chi connectivity index (χ1) is 12.7. The van der Waals surface area contributed by atoms with E-state index in [1.807, 2.05) is 32.9 Å². The number of sulfonamides is 1. The van der Waals surface area contributed by atoms with Crippen LogP contribution in [-0.4, -0.2) is 26.4 Å². The molecule has 2 aromatic carbocycles. The third kappa shape index (κ3) is 5.70. The second-order valence-electron chi connectivity index (χ2n) is 6.65. The van der Waals surface area contributed by atoms with Crippen molar-refractivity contribution in [3.05, 3.63) is 59.7 Å². The second kappa shape index (κ2) is 9.91. The highest BCUT2D eigenvalue weighted by atomic mass is 35.5. The zero-order chi connectivity index (χ0) is 20.1. The summed E-state index contributed by atoms with van der Waals surface area (Å²) >= 11 is 0. The van der Waals surface area contributed by atoms with Gasteiger partial charge in [0.2, 0.25) is 0 Å². The molecule has 0 aromatic heterocycles. The van der Waals surface area contributed by atoms with E-state index in [2.05, 4.69) is 10.0 Å². The number of benzene rings is 2. The van der Waals surface area contributed by atoms with Crippen LogP contribution in [0.4, 0.5) is 5.69 Å². The van der Waals surface area contributed by atoms with Gasteiger partial charge >= 0.3 is 0 Å².